The molecule has 0 saturated carbocycles. The maximum atomic E-state index is 12.1. The molecule has 2 aromatic carbocycles. The monoisotopic (exact) mass is 389 g/mol. The molecule has 0 radical (unpaired) electrons. The normalized spacial score (nSPS) is 13.5. The van der Waals surface area contributed by atoms with Gasteiger partial charge in [0, 0.05) is 19.1 Å². The second kappa shape index (κ2) is 9.77. The molecule has 0 fully saturated rings. The van der Waals surface area contributed by atoms with E-state index >= 15 is 0 Å². The summed E-state index contributed by atoms with van der Waals surface area (Å²) in [4.78, 5) is 12.1. The van der Waals surface area contributed by atoms with Gasteiger partial charge < -0.3 is 15.2 Å². The van der Waals surface area contributed by atoms with Crippen molar-refractivity contribution in [3.8, 4) is 11.1 Å². The first kappa shape index (κ1) is 21.3. The van der Waals surface area contributed by atoms with Crippen molar-refractivity contribution in [2.75, 3.05) is 19.8 Å². The fourth-order valence-corrected chi connectivity index (χ4v) is 3.77. The van der Waals surface area contributed by atoms with Crippen molar-refractivity contribution in [2.24, 2.45) is 11.8 Å². The zero-order valence-electron chi connectivity index (χ0n) is 15.9. The molecule has 0 saturated heterocycles. The molecule has 0 bridgehead atoms. The van der Waals surface area contributed by atoms with Gasteiger partial charge in [-0.25, -0.2) is 4.79 Å². The van der Waals surface area contributed by atoms with Crippen molar-refractivity contribution in [2.45, 2.75) is 26.2 Å². The Morgan fingerprint density at radius 2 is 1.63 bits per heavy atom. The molecule has 0 aromatic heterocycles. The number of alkyl carbamates (subject to hydrolysis) is 1. The van der Waals surface area contributed by atoms with Gasteiger partial charge in [0.2, 0.25) is 0 Å². The SMILES string of the molecule is CC(C)C[C@H](CO)CNC(=O)OCC1c2ccccc2-c2ccccc21.Cl. The highest BCUT2D eigenvalue weighted by Crippen LogP contribution is 2.44. The van der Waals surface area contributed by atoms with Crippen molar-refractivity contribution in [1.29, 1.82) is 0 Å². The van der Waals surface area contributed by atoms with Crippen LogP contribution in [0.3, 0.4) is 0 Å². The molecular weight excluding hydrogens is 362 g/mol. The standard InChI is InChI=1S/C22H27NO3.ClH/c1-15(2)11-16(13-24)12-23-22(25)26-14-21-19-9-5-3-7-17(19)18-8-4-6-10-20(18)21;/h3-10,15-16,21,24H,11-14H2,1-2H3,(H,23,25);1H/t16-;/m0./s1. The van der Waals surface area contributed by atoms with Crippen molar-refractivity contribution in [3.63, 3.8) is 0 Å². The van der Waals surface area contributed by atoms with Gasteiger partial charge in [-0.3, -0.25) is 0 Å². The first-order chi connectivity index (χ1) is 12.6. The summed E-state index contributed by atoms with van der Waals surface area (Å²) >= 11 is 0. The molecule has 2 aromatic rings. The third-order valence-corrected chi connectivity index (χ3v) is 4.94. The van der Waals surface area contributed by atoms with E-state index in [-0.39, 0.29) is 30.8 Å². The molecule has 0 aliphatic heterocycles. The average Bonchev–Trinajstić information content (AvgIpc) is 2.97. The van der Waals surface area contributed by atoms with Crippen molar-refractivity contribution in [3.05, 3.63) is 59.7 Å². The number of aliphatic hydroxyl groups excluding tert-OH is 1. The molecule has 146 valence electrons. The van der Waals surface area contributed by atoms with Gasteiger partial charge in [-0.1, -0.05) is 62.4 Å². The zero-order chi connectivity index (χ0) is 18.5. The van der Waals surface area contributed by atoms with Crippen LogP contribution >= 0.6 is 12.4 Å². The first-order valence-electron chi connectivity index (χ1n) is 9.29. The van der Waals surface area contributed by atoms with Crippen LogP contribution in [-0.2, 0) is 4.74 Å². The molecule has 3 rings (SSSR count). The van der Waals surface area contributed by atoms with Gasteiger partial charge in [0.15, 0.2) is 0 Å². The molecule has 1 aliphatic carbocycles. The van der Waals surface area contributed by atoms with E-state index in [1.165, 1.54) is 22.3 Å². The number of hydrogen-bond acceptors (Lipinski definition) is 3. The second-order valence-corrected chi connectivity index (χ2v) is 7.38. The van der Waals surface area contributed by atoms with Gasteiger partial charge in [0.1, 0.15) is 6.61 Å². The second-order valence-electron chi connectivity index (χ2n) is 7.38. The molecule has 0 heterocycles. The summed E-state index contributed by atoms with van der Waals surface area (Å²) in [5.74, 6) is 0.615. The number of nitrogens with one attached hydrogen (secondary N) is 1. The Balaban J connectivity index is 0.00000261. The van der Waals surface area contributed by atoms with E-state index < -0.39 is 6.09 Å². The Bertz CT molecular complexity index is 717. The Morgan fingerprint density at radius 1 is 1.07 bits per heavy atom. The predicted molar refractivity (Wildman–Crippen MR) is 110 cm³/mol. The lowest BCUT2D eigenvalue weighted by molar-refractivity contribution is 0.136. The van der Waals surface area contributed by atoms with E-state index in [0.717, 1.165) is 6.42 Å². The van der Waals surface area contributed by atoms with Crippen LogP contribution in [0.5, 0.6) is 0 Å². The van der Waals surface area contributed by atoms with Crippen LogP contribution in [0, 0.1) is 11.8 Å². The van der Waals surface area contributed by atoms with Gasteiger partial charge in [0.25, 0.3) is 0 Å². The summed E-state index contributed by atoms with van der Waals surface area (Å²) in [5.41, 5.74) is 4.84. The summed E-state index contributed by atoms with van der Waals surface area (Å²) in [6.45, 7) is 5.03. The number of benzene rings is 2. The molecule has 1 amide bonds. The Labute approximate surface area is 167 Å². The molecular formula is C22H28ClNO3. The minimum Gasteiger partial charge on any atom is -0.449 e. The maximum absolute atomic E-state index is 12.1. The van der Waals surface area contributed by atoms with E-state index in [2.05, 4.69) is 43.4 Å². The van der Waals surface area contributed by atoms with Crippen molar-refractivity contribution < 1.29 is 14.6 Å². The Hall–Kier alpha value is -2.04. The third kappa shape index (κ3) is 5.02. The number of amides is 1. The molecule has 1 aliphatic rings. The third-order valence-electron chi connectivity index (χ3n) is 4.94. The first-order valence-corrected chi connectivity index (χ1v) is 9.29. The van der Waals surface area contributed by atoms with Crippen LogP contribution < -0.4 is 5.32 Å². The number of hydrogen-bond donors (Lipinski definition) is 2. The van der Waals surface area contributed by atoms with Crippen LogP contribution in [0.1, 0.15) is 37.3 Å². The summed E-state index contributed by atoms with van der Waals surface area (Å²) in [6.07, 6.45) is 0.453. The van der Waals surface area contributed by atoms with Gasteiger partial charge in [-0.15, -0.1) is 12.4 Å². The van der Waals surface area contributed by atoms with Crippen LogP contribution in [-0.4, -0.2) is 31.0 Å². The van der Waals surface area contributed by atoms with E-state index in [0.29, 0.717) is 19.1 Å². The quantitative estimate of drug-likeness (QED) is 0.727. The topological polar surface area (TPSA) is 58.6 Å². The largest absolute Gasteiger partial charge is 0.449 e. The lowest BCUT2D eigenvalue weighted by atomic mass is 9.98. The summed E-state index contributed by atoms with van der Waals surface area (Å²) in [5, 5.41) is 12.2. The number of carbonyl (C=O) groups is 1. The van der Waals surface area contributed by atoms with E-state index in [9.17, 15) is 9.90 Å². The number of halogens is 1. The minimum atomic E-state index is -0.422. The Kier molecular flexibility index (Phi) is 7.69. The fourth-order valence-electron chi connectivity index (χ4n) is 3.77. The van der Waals surface area contributed by atoms with Crippen LogP contribution in [0.15, 0.2) is 48.5 Å². The van der Waals surface area contributed by atoms with Crippen LogP contribution in [0.25, 0.3) is 11.1 Å². The summed E-state index contributed by atoms with van der Waals surface area (Å²) < 4.78 is 5.51. The maximum Gasteiger partial charge on any atom is 0.407 e. The number of ether oxygens (including phenoxy) is 1. The van der Waals surface area contributed by atoms with Gasteiger partial charge in [-0.05, 0) is 40.5 Å². The number of fused-ring (bicyclic) bond motifs is 3. The zero-order valence-corrected chi connectivity index (χ0v) is 16.7. The van der Waals surface area contributed by atoms with Crippen LogP contribution in [0.4, 0.5) is 4.79 Å². The molecule has 27 heavy (non-hydrogen) atoms. The Morgan fingerprint density at radius 3 is 2.15 bits per heavy atom. The molecule has 1 atom stereocenters. The highest BCUT2D eigenvalue weighted by molar-refractivity contribution is 5.85. The summed E-state index contributed by atoms with van der Waals surface area (Å²) in [6, 6.07) is 16.6. The number of aliphatic hydroxyl groups is 1. The number of rotatable bonds is 7. The molecule has 0 spiro atoms. The van der Waals surface area contributed by atoms with E-state index in [1.807, 2.05) is 24.3 Å². The molecule has 0 unspecified atom stereocenters. The predicted octanol–water partition coefficient (Wildman–Crippen LogP) is 4.60. The molecule has 4 nitrogen and oxygen atoms in total. The molecule has 5 heteroatoms. The molecule has 2 N–H and O–H groups in total. The lowest BCUT2D eigenvalue weighted by Crippen LogP contribution is -2.32. The lowest BCUT2D eigenvalue weighted by Gasteiger charge is -2.18. The smallest absolute Gasteiger partial charge is 0.407 e. The fraction of sp³-hybridized carbons (Fsp3) is 0.409. The average molecular weight is 390 g/mol. The van der Waals surface area contributed by atoms with Crippen LogP contribution in [0.2, 0.25) is 0 Å². The summed E-state index contributed by atoms with van der Waals surface area (Å²) in [7, 11) is 0. The van der Waals surface area contributed by atoms with Gasteiger partial charge in [-0.2, -0.15) is 0 Å². The highest BCUT2D eigenvalue weighted by atomic mass is 35.5. The van der Waals surface area contributed by atoms with E-state index in [4.69, 9.17) is 4.74 Å². The minimum absolute atomic E-state index is 0. The number of carbonyl (C=O) groups excluding carboxylic acids is 1. The van der Waals surface area contributed by atoms with E-state index in [1.54, 1.807) is 0 Å². The van der Waals surface area contributed by atoms with Crippen molar-refractivity contribution in [1.82, 2.24) is 5.32 Å². The van der Waals surface area contributed by atoms with Gasteiger partial charge >= 0.3 is 6.09 Å². The van der Waals surface area contributed by atoms with Gasteiger partial charge in [0.05, 0.1) is 0 Å². The van der Waals surface area contributed by atoms with Crippen molar-refractivity contribution >= 4 is 18.5 Å². The highest BCUT2D eigenvalue weighted by Gasteiger charge is 2.29.